The van der Waals surface area contributed by atoms with Gasteiger partial charge in [-0.15, -0.1) is 0 Å². The van der Waals surface area contributed by atoms with Crippen LogP contribution in [0.2, 0.25) is 5.02 Å². The van der Waals surface area contributed by atoms with Crippen LogP contribution in [0.1, 0.15) is 10.4 Å². The maximum Gasteiger partial charge on any atom is 0.251 e. The van der Waals surface area contributed by atoms with E-state index in [0.29, 0.717) is 18.7 Å². The Hall–Kier alpha value is -1.17. The molecule has 0 fully saturated rings. The maximum absolute atomic E-state index is 12.8. The molecule has 94 valence electrons. The average molecular weight is 262 g/mol. The number of hydrogen-bond acceptors (Lipinski definition) is 3. The van der Waals surface area contributed by atoms with E-state index in [-0.39, 0.29) is 24.1 Å². The number of carbonyl (C=O) groups excluding carboxylic acids is 1. The number of aliphatic hydroxyl groups is 1. The third kappa shape index (κ3) is 4.68. The molecule has 4 nitrogen and oxygen atoms in total. The molecule has 0 saturated heterocycles. The molecule has 0 atom stereocenters. The highest BCUT2D eigenvalue weighted by Gasteiger charge is 2.07. The zero-order valence-electron chi connectivity index (χ0n) is 9.08. The molecule has 0 aromatic heterocycles. The summed E-state index contributed by atoms with van der Waals surface area (Å²) in [6, 6.07) is 3.76. The summed E-state index contributed by atoms with van der Waals surface area (Å²) in [6.45, 7) is 0.800. The van der Waals surface area contributed by atoms with E-state index in [1.54, 1.807) is 0 Å². The minimum atomic E-state index is -0.561. The first kappa shape index (κ1) is 13.9. The lowest BCUT2D eigenvalue weighted by Gasteiger charge is -2.06. The number of nitrogens with one attached hydrogen (secondary N) is 1. The van der Waals surface area contributed by atoms with Crippen molar-refractivity contribution >= 4 is 17.5 Å². The highest BCUT2D eigenvalue weighted by molar-refractivity contribution is 6.31. The van der Waals surface area contributed by atoms with Crippen molar-refractivity contribution in [3.63, 3.8) is 0 Å². The predicted molar refractivity (Wildman–Crippen MR) is 61.6 cm³/mol. The van der Waals surface area contributed by atoms with Crippen LogP contribution in [0.3, 0.4) is 0 Å². The number of hydrogen-bond donors (Lipinski definition) is 2. The Morgan fingerprint density at radius 2 is 2.24 bits per heavy atom. The summed E-state index contributed by atoms with van der Waals surface area (Å²) in [6.07, 6.45) is 0. The highest BCUT2D eigenvalue weighted by Crippen LogP contribution is 2.15. The summed E-state index contributed by atoms with van der Waals surface area (Å²) >= 11 is 5.55. The van der Waals surface area contributed by atoms with Crippen LogP contribution in [0.4, 0.5) is 4.39 Å². The average Bonchev–Trinajstić information content (AvgIpc) is 2.32. The summed E-state index contributed by atoms with van der Waals surface area (Å²) in [5, 5.41) is 10.9. The van der Waals surface area contributed by atoms with Crippen molar-refractivity contribution in [3.05, 3.63) is 34.6 Å². The molecule has 0 saturated carbocycles. The van der Waals surface area contributed by atoms with Crippen molar-refractivity contribution in [2.75, 3.05) is 26.4 Å². The third-order valence-corrected chi connectivity index (χ3v) is 2.24. The fraction of sp³-hybridized carbons (Fsp3) is 0.364. The minimum Gasteiger partial charge on any atom is -0.394 e. The van der Waals surface area contributed by atoms with Crippen LogP contribution in [-0.2, 0) is 4.74 Å². The van der Waals surface area contributed by atoms with E-state index in [1.165, 1.54) is 12.1 Å². The SMILES string of the molecule is O=C(NCCOCCO)c1ccc(F)c(Cl)c1. The fourth-order valence-electron chi connectivity index (χ4n) is 1.14. The van der Waals surface area contributed by atoms with Crippen molar-refractivity contribution in [1.82, 2.24) is 5.32 Å². The van der Waals surface area contributed by atoms with Crippen LogP contribution < -0.4 is 5.32 Å². The van der Waals surface area contributed by atoms with Crippen molar-refractivity contribution < 1.29 is 19.0 Å². The van der Waals surface area contributed by atoms with E-state index in [1.807, 2.05) is 0 Å². The number of amides is 1. The van der Waals surface area contributed by atoms with Crippen LogP contribution >= 0.6 is 11.6 Å². The second-order valence-electron chi connectivity index (χ2n) is 3.22. The molecule has 1 amide bonds. The molecule has 0 aliphatic carbocycles. The van der Waals surface area contributed by atoms with E-state index in [9.17, 15) is 9.18 Å². The van der Waals surface area contributed by atoms with Gasteiger partial charge in [-0.25, -0.2) is 4.39 Å². The largest absolute Gasteiger partial charge is 0.394 e. The molecule has 1 aromatic rings. The quantitative estimate of drug-likeness (QED) is 0.757. The fourth-order valence-corrected chi connectivity index (χ4v) is 1.32. The van der Waals surface area contributed by atoms with Crippen molar-refractivity contribution in [2.45, 2.75) is 0 Å². The Morgan fingerprint density at radius 3 is 2.88 bits per heavy atom. The van der Waals surface area contributed by atoms with Gasteiger partial charge in [0, 0.05) is 12.1 Å². The van der Waals surface area contributed by atoms with Gasteiger partial charge in [0.15, 0.2) is 0 Å². The third-order valence-electron chi connectivity index (χ3n) is 1.95. The summed E-state index contributed by atoms with van der Waals surface area (Å²) in [5.74, 6) is -0.908. The molecule has 0 radical (unpaired) electrons. The lowest BCUT2D eigenvalue weighted by Crippen LogP contribution is -2.27. The molecule has 0 unspecified atom stereocenters. The Morgan fingerprint density at radius 1 is 1.47 bits per heavy atom. The first-order valence-electron chi connectivity index (χ1n) is 5.07. The number of halogens is 2. The molecular formula is C11H13ClFNO3. The van der Waals surface area contributed by atoms with Gasteiger partial charge in [-0.05, 0) is 18.2 Å². The van der Waals surface area contributed by atoms with Crippen LogP contribution in [0.25, 0.3) is 0 Å². The summed E-state index contributed by atoms with van der Waals surface area (Å²) < 4.78 is 17.8. The lowest BCUT2D eigenvalue weighted by molar-refractivity contribution is 0.0838. The Bertz CT molecular complexity index is 387. The summed E-state index contributed by atoms with van der Waals surface area (Å²) in [5.41, 5.74) is 0.290. The van der Waals surface area contributed by atoms with Gasteiger partial charge in [0.1, 0.15) is 5.82 Å². The normalized spacial score (nSPS) is 10.3. The summed E-state index contributed by atoms with van der Waals surface area (Å²) in [4.78, 5) is 11.5. The molecular weight excluding hydrogens is 249 g/mol. The molecule has 6 heteroatoms. The topological polar surface area (TPSA) is 58.6 Å². The van der Waals surface area contributed by atoms with Gasteiger partial charge in [0.2, 0.25) is 0 Å². The molecule has 17 heavy (non-hydrogen) atoms. The van der Waals surface area contributed by atoms with Gasteiger partial charge >= 0.3 is 0 Å². The van der Waals surface area contributed by atoms with E-state index in [2.05, 4.69) is 5.32 Å². The van der Waals surface area contributed by atoms with Gasteiger partial charge in [0.05, 0.1) is 24.8 Å². The van der Waals surface area contributed by atoms with Gasteiger partial charge in [-0.2, -0.15) is 0 Å². The van der Waals surface area contributed by atoms with Gasteiger partial charge in [0.25, 0.3) is 5.91 Å². The zero-order valence-corrected chi connectivity index (χ0v) is 9.84. The number of aliphatic hydroxyl groups excluding tert-OH is 1. The maximum atomic E-state index is 12.8. The molecule has 0 spiro atoms. The standard InChI is InChI=1S/C11H13ClFNO3/c12-9-7-8(1-2-10(9)13)11(16)14-3-5-17-6-4-15/h1-2,7,15H,3-6H2,(H,14,16). The number of benzene rings is 1. The van der Waals surface area contributed by atoms with Gasteiger partial charge in [-0.1, -0.05) is 11.6 Å². The molecule has 2 N–H and O–H groups in total. The number of carbonyl (C=O) groups is 1. The van der Waals surface area contributed by atoms with Crippen LogP contribution in [-0.4, -0.2) is 37.4 Å². The Kier molecular flexibility index (Phi) is 5.90. The monoisotopic (exact) mass is 261 g/mol. The highest BCUT2D eigenvalue weighted by atomic mass is 35.5. The smallest absolute Gasteiger partial charge is 0.251 e. The Labute approximate surface area is 103 Å². The van der Waals surface area contributed by atoms with Crippen molar-refractivity contribution in [3.8, 4) is 0 Å². The summed E-state index contributed by atoms with van der Waals surface area (Å²) in [7, 11) is 0. The minimum absolute atomic E-state index is 0.0541. The first-order valence-corrected chi connectivity index (χ1v) is 5.45. The molecule has 1 rings (SSSR count). The first-order chi connectivity index (χ1) is 8.15. The number of rotatable bonds is 6. The van der Waals surface area contributed by atoms with E-state index in [0.717, 1.165) is 6.07 Å². The van der Waals surface area contributed by atoms with E-state index < -0.39 is 5.82 Å². The van der Waals surface area contributed by atoms with E-state index in [4.69, 9.17) is 21.4 Å². The number of ether oxygens (including phenoxy) is 1. The van der Waals surface area contributed by atoms with E-state index >= 15 is 0 Å². The Balaban J connectivity index is 2.39. The van der Waals surface area contributed by atoms with Crippen LogP contribution in [0.15, 0.2) is 18.2 Å². The molecule has 0 aliphatic heterocycles. The second kappa shape index (κ2) is 7.21. The van der Waals surface area contributed by atoms with Gasteiger partial charge < -0.3 is 15.2 Å². The van der Waals surface area contributed by atoms with Crippen molar-refractivity contribution in [2.24, 2.45) is 0 Å². The van der Waals surface area contributed by atoms with Crippen LogP contribution in [0.5, 0.6) is 0 Å². The molecule has 0 heterocycles. The van der Waals surface area contributed by atoms with Crippen molar-refractivity contribution in [1.29, 1.82) is 0 Å². The van der Waals surface area contributed by atoms with Gasteiger partial charge in [-0.3, -0.25) is 4.79 Å². The molecule has 1 aromatic carbocycles. The predicted octanol–water partition coefficient (Wildman–Crippen LogP) is 1.22. The zero-order chi connectivity index (χ0) is 12.7. The second-order valence-corrected chi connectivity index (χ2v) is 3.63. The molecule has 0 aliphatic rings. The lowest BCUT2D eigenvalue weighted by atomic mass is 10.2. The van der Waals surface area contributed by atoms with Crippen LogP contribution in [0, 0.1) is 5.82 Å². The molecule has 0 bridgehead atoms.